The molecule has 1 heterocycles. The number of benzene rings is 4. The summed E-state index contributed by atoms with van der Waals surface area (Å²) in [5.74, 6) is -1.95. The molecule has 1 saturated carbocycles. The molecule has 1 aromatic heterocycles. The first-order valence-electron chi connectivity index (χ1n) is 16.8. The van der Waals surface area contributed by atoms with Gasteiger partial charge < -0.3 is 46.1 Å². The van der Waals surface area contributed by atoms with Crippen LogP contribution in [0.4, 0.5) is 0 Å². The number of nitrogens with one attached hydrogen (secondary N) is 4. The van der Waals surface area contributed by atoms with Gasteiger partial charge in [-0.05, 0) is 81.9 Å². The number of hydrogen-bond donors (Lipinski definition) is 8. The summed E-state index contributed by atoms with van der Waals surface area (Å²) in [6.07, 6.45) is 0.153. The molecule has 0 aliphatic heterocycles. The average molecular weight is 786 g/mol. The lowest BCUT2D eigenvalue weighted by molar-refractivity contribution is -0.155. The first-order valence-corrected chi connectivity index (χ1v) is 17.6. The Hall–Kier alpha value is -5.54. The second kappa shape index (κ2) is 16.0. The van der Waals surface area contributed by atoms with Crippen LogP contribution in [-0.2, 0) is 21.7 Å². The number of aliphatic carboxylic acids is 1. The number of phenolic OH excluding ortho intramolecular Hbond substituents is 1. The summed E-state index contributed by atoms with van der Waals surface area (Å²) in [6, 6.07) is 25.0. The van der Waals surface area contributed by atoms with Crippen molar-refractivity contribution in [2.75, 3.05) is 13.2 Å². The van der Waals surface area contributed by atoms with Crippen LogP contribution >= 0.6 is 15.9 Å². The van der Waals surface area contributed by atoms with Crippen molar-refractivity contribution < 1.29 is 39.5 Å². The van der Waals surface area contributed by atoms with Gasteiger partial charge in [-0.25, -0.2) is 4.79 Å². The highest BCUT2D eigenvalue weighted by atomic mass is 79.9. The Bertz CT molecular complexity index is 2210. The maximum atomic E-state index is 13.0. The number of carbonyl (C=O) groups is 3. The molecule has 0 spiro atoms. The molecule has 5 aromatic rings. The number of halogens is 1. The van der Waals surface area contributed by atoms with Crippen LogP contribution in [0.15, 0.2) is 106 Å². The van der Waals surface area contributed by atoms with Crippen LogP contribution in [0.3, 0.4) is 0 Å². The lowest BCUT2D eigenvalue weighted by atomic mass is 9.86. The molecule has 274 valence electrons. The molecule has 13 nitrogen and oxygen atoms in total. The van der Waals surface area contributed by atoms with E-state index < -0.39 is 17.7 Å². The van der Waals surface area contributed by atoms with Gasteiger partial charge in [-0.3, -0.25) is 14.4 Å². The van der Waals surface area contributed by atoms with Gasteiger partial charge in [-0.2, -0.15) is 0 Å². The number of phenols is 1. The molecule has 0 saturated heterocycles. The van der Waals surface area contributed by atoms with E-state index in [0.29, 0.717) is 40.4 Å². The van der Waals surface area contributed by atoms with Crippen LogP contribution in [0.1, 0.15) is 51.6 Å². The molecule has 2 unspecified atom stereocenters. The smallest absolute Gasteiger partial charge is 0.345 e. The summed E-state index contributed by atoms with van der Waals surface area (Å²) < 4.78 is 6.21. The molecule has 1 aliphatic carbocycles. The van der Waals surface area contributed by atoms with Crippen LogP contribution in [0, 0.1) is 0 Å². The summed E-state index contributed by atoms with van der Waals surface area (Å²) >= 11 is 3.49. The molecule has 6 rings (SSSR count). The van der Waals surface area contributed by atoms with E-state index in [1.807, 2.05) is 12.1 Å². The molecule has 4 aromatic carbocycles. The summed E-state index contributed by atoms with van der Waals surface area (Å²) in [4.78, 5) is 52.0. The second-order valence-corrected chi connectivity index (χ2v) is 13.7. The quantitative estimate of drug-likeness (QED) is 0.0821. The number of ether oxygens (including phenoxy) is 1. The summed E-state index contributed by atoms with van der Waals surface area (Å²) in [6.45, 7) is 0.280. The van der Waals surface area contributed by atoms with Gasteiger partial charge in [0.1, 0.15) is 11.5 Å². The van der Waals surface area contributed by atoms with Crippen molar-refractivity contribution in [1.82, 2.24) is 20.9 Å². The van der Waals surface area contributed by atoms with Gasteiger partial charge in [0.15, 0.2) is 6.61 Å². The zero-order valence-corrected chi connectivity index (χ0v) is 29.8. The van der Waals surface area contributed by atoms with Crippen LogP contribution < -0.4 is 26.2 Å². The monoisotopic (exact) mass is 784 g/mol. The van der Waals surface area contributed by atoms with Crippen LogP contribution in [0.2, 0.25) is 0 Å². The lowest BCUT2D eigenvalue weighted by Gasteiger charge is -2.36. The van der Waals surface area contributed by atoms with E-state index >= 15 is 0 Å². The number of aromatic nitrogens is 1. The molecule has 0 bridgehead atoms. The van der Waals surface area contributed by atoms with Crippen molar-refractivity contribution >= 4 is 44.6 Å². The number of aliphatic hydroxyl groups excluding tert-OH is 1. The molecule has 53 heavy (non-hydrogen) atoms. The minimum absolute atomic E-state index is 0.0816. The third-order valence-electron chi connectivity index (χ3n) is 9.17. The predicted molar refractivity (Wildman–Crippen MR) is 198 cm³/mol. The molecular formula is C39H37BrN4O9. The predicted octanol–water partition coefficient (Wildman–Crippen LogP) is 3.60. The number of amides is 2. The number of aromatic hydroxyl groups is 1. The van der Waals surface area contributed by atoms with E-state index in [0.717, 1.165) is 5.56 Å². The lowest BCUT2D eigenvalue weighted by Crippen LogP contribution is -2.54. The first-order chi connectivity index (χ1) is 25.4. The SMILES string of the molecule is O=C(COc1cccc(C(O)(C(=O)O)c2ccccc2)c1)NC1CC(NC(=O)c2ccc(CNCC(O)c3ccc(O)c4[nH]c(=O)ccc34)cc2Br)C1. The maximum absolute atomic E-state index is 13.0. The number of H-pyrrole nitrogens is 1. The number of aromatic amines is 1. The molecular weight excluding hydrogens is 748 g/mol. The Morgan fingerprint density at radius 1 is 0.906 bits per heavy atom. The molecule has 14 heteroatoms. The normalized spacial score (nSPS) is 16.9. The van der Waals surface area contributed by atoms with Crippen molar-refractivity contribution in [2.45, 2.75) is 43.2 Å². The molecule has 2 atom stereocenters. The number of carboxylic acid groups (broad SMARTS) is 1. The van der Waals surface area contributed by atoms with E-state index in [2.05, 4.69) is 36.9 Å². The highest BCUT2D eigenvalue weighted by molar-refractivity contribution is 9.10. The van der Waals surface area contributed by atoms with Gasteiger partial charge in [0, 0.05) is 46.7 Å². The van der Waals surface area contributed by atoms with Crippen molar-refractivity contribution in [3.63, 3.8) is 0 Å². The number of aliphatic hydroxyl groups is 2. The third-order valence-corrected chi connectivity index (χ3v) is 9.83. The fourth-order valence-electron chi connectivity index (χ4n) is 6.30. The Labute approximate surface area is 311 Å². The number of carboxylic acids is 1. The minimum Gasteiger partial charge on any atom is -0.506 e. The second-order valence-electron chi connectivity index (χ2n) is 12.9. The topological polar surface area (TPSA) is 210 Å². The fraction of sp³-hybridized carbons (Fsp3) is 0.231. The van der Waals surface area contributed by atoms with Crippen molar-refractivity contribution in [3.8, 4) is 11.5 Å². The molecule has 8 N–H and O–H groups in total. The van der Waals surface area contributed by atoms with E-state index in [1.54, 1.807) is 48.5 Å². The number of fused-ring (bicyclic) bond motifs is 1. The molecule has 1 fully saturated rings. The third kappa shape index (κ3) is 8.42. The summed E-state index contributed by atoms with van der Waals surface area (Å²) in [7, 11) is 0. The van der Waals surface area contributed by atoms with E-state index in [4.69, 9.17) is 4.74 Å². The summed E-state index contributed by atoms with van der Waals surface area (Å²) in [5, 5.41) is 51.5. The Balaban J connectivity index is 0.938. The van der Waals surface area contributed by atoms with E-state index in [-0.39, 0.29) is 70.8 Å². The van der Waals surface area contributed by atoms with Crippen LogP contribution in [0.5, 0.6) is 11.5 Å². The first kappa shape index (κ1) is 37.2. The fourth-order valence-corrected chi connectivity index (χ4v) is 6.91. The van der Waals surface area contributed by atoms with Crippen molar-refractivity contribution in [2.24, 2.45) is 0 Å². The van der Waals surface area contributed by atoms with Crippen molar-refractivity contribution in [3.05, 3.63) is 140 Å². The number of rotatable bonds is 14. The highest BCUT2D eigenvalue weighted by Crippen LogP contribution is 2.32. The Morgan fingerprint density at radius 2 is 1.64 bits per heavy atom. The van der Waals surface area contributed by atoms with Gasteiger partial charge >= 0.3 is 5.97 Å². The average Bonchev–Trinajstić information content (AvgIpc) is 3.13. The minimum atomic E-state index is -2.30. The van der Waals surface area contributed by atoms with E-state index in [1.165, 1.54) is 36.4 Å². The molecule has 1 aliphatic rings. The van der Waals surface area contributed by atoms with Crippen LogP contribution in [-0.4, -0.2) is 68.4 Å². The van der Waals surface area contributed by atoms with Crippen molar-refractivity contribution in [1.29, 1.82) is 0 Å². The van der Waals surface area contributed by atoms with Gasteiger partial charge in [0.25, 0.3) is 11.8 Å². The Kier molecular flexibility index (Phi) is 11.2. The summed E-state index contributed by atoms with van der Waals surface area (Å²) in [5.41, 5.74) is -0.252. The van der Waals surface area contributed by atoms with Gasteiger partial charge in [0.2, 0.25) is 11.2 Å². The van der Waals surface area contributed by atoms with Gasteiger partial charge in [-0.1, -0.05) is 54.6 Å². The standard InChI is InChI=1S/C39H37BrN4O9/c40-31-15-22(19-41-20-33(46)28-11-13-32(45)36-29(28)12-14-34(47)44-36)9-10-30(31)37(49)43-26-17-25(18-26)42-35(48)21-53-27-8-4-7-24(16-27)39(52,38(50)51)23-5-2-1-3-6-23/h1-16,25-26,33,41,45-46,52H,17-21H2,(H,42,48)(H,43,49)(H,44,47)(H,50,51). The number of hydrogen-bond acceptors (Lipinski definition) is 9. The zero-order valence-electron chi connectivity index (χ0n) is 28.2. The zero-order chi connectivity index (χ0) is 37.7. The Morgan fingerprint density at radius 3 is 2.38 bits per heavy atom. The van der Waals surface area contributed by atoms with Crippen LogP contribution in [0.25, 0.3) is 10.9 Å². The van der Waals surface area contributed by atoms with Gasteiger partial charge in [-0.15, -0.1) is 0 Å². The largest absolute Gasteiger partial charge is 0.506 e. The van der Waals surface area contributed by atoms with E-state index in [9.17, 15) is 39.6 Å². The maximum Gasteiger partial charge on any atom is 0.345 e. The van der Waals surface area contributed by atoms with Gasteiger partial charge in [0.05, 0.1) is 17.2 Å². The highest BCUT2D eigenvalue weighted by Gasteiger charge is 2.40. The number of carbonyl (C=O) groups excluding carboxylic acids is 2. The molecule has 2 amide bonds. The molecule has 0 radical (unpaired) electrons. The number of pyridine rings is 1.